The Morgan fingerprint density at radius 3 is 2.15 bits per heavy atom. The van der Waals surface area contributed by atoms with E-state index in [0.29, 0.717) is 23.4 Å². The number of carbonyl (C=O) groups excluding carboxylic acids is 3. The number of aliphatic carboxylic acids is 1. The highest BCUT2D eigenvalue weighted by molar-refractivity contribution is 6.10. The third-order valence-electron chi connectivity index (χ3n) is 4.53. The normalized spacial score (nSPS) is 18.5. The molecule has 0 aliphatic heterocycles. The van der Waals surface area contributed by atoms with Gasteiger partial charge in [-0.2, -0.15) is 0 Å². The van der Waals surface area contributed by atoms with E-state index in [-0.39, 0.29) is 12.3 Å². The predicted molar refractivity (Wildman–Crippen MR) is 99.8 cm³/mol. The van der Waals surface area contributed by atoms with Gasteiger partial charge in [-0.3, -0.25) is 9.59 Å². The van der Waals surface area contributed by atoms with Crippen molar-refractivity contribution in [1.82, 2.24) is 0 Å². The second-order valence-corrected chi connectivity index (χ2v) is 6.33. The number of carboxylic acid groups (broad SMARTS) is 1. The van der Waals surface area contributed by atoms with Crippen LogP contribution < -0.4 is 15.7 Å². The lowest BCUT2D eigenvalue weighted by atomic mass is 9.82. The van der Waals surface area contributed by atoms with Gasteiger partial charge in [0.05, 0.1) is 17.2 Å². The van der Waals surface area contributed by atoms with Crippen molar-refractivity contribution < 1.29 is 19.5 Å². The second-order valence-electron chi connectivity index (χ2n) is 6.33. The molecule has 1 aliphatic rings. The van der Waals surface area contributed by atoms with Crippen molar-refractivity contribution in [2.24, 2.45) is 11.8 Å². The molecule has 0 unspecified atom stereocenters. The number of para-hydroxylation sites is 2. The summed E-state index contributed by atoms with van der Waals surface area (Å²) in [6, 6.07) is 15.6. The number of rotatable bonds is 5. The quantitative estimate of drug-likeness (QED) is 0.796. The maximum Gasteiger partial charge on any atom is 0.257 e. The molecular weight excluding hydrogens is 344 g/mol. The Bertz CT molecular complexity index is 877. The van der Waals surface area contributed by atoms with Crippen LogP contribution in [0.15, 0.2) is 66.7 Å². The van der Waals surface area contributed by atoms with Crippen molar-refractivity contribution >= 4 is 29.2 Å². The van der Waals surface area contributed by atoms with Crippen LogP contribution in [0.4, 0.5) is 11.4 Å². The first-order chi connectivity index (χ1) is 13.1. The summed E-state index contributed by atoms with van der Waals surface area (Å²) in [5.41, 5.74) is 1.27. The Balaban J connectivity index is 1.77. The third-order valence-corrected chi connectivity index (χ3v) is 4.53. The predicted octanol–water partition coefficient (Wildman–Crippen LogP) is 2.21. The standard InChI is InChI=1S/C21H20N2O4/c24-19(15-10-4-5-11-16(15)21(26)27)23-18-13-7-6-12-17(18)20(25)22-14-8-2-1-3-9-14/h1-9,12-13,15-16H,10-11H2,(H,22,25)(H,23,24)(H,26,27)/p-1/t15-,16-/m0/s1. The van der Waals surface area contributed by atoms with Gasteiger partial charge in [0.1, 0.15) is 0 Å². The SMILES string of the molecule is O=C(Nc1ccccc1)c1ccccc1NC(=O)[C@H]1CC=CC[C@@H]1C(=O)[O-]. The molecule has 0 radical (unpaired) electrons. The van der Waals surface area contributed by atoms with Gasteiger partial charge in [-0.15, -0.1) is 0 Å². The Kier molecular flexibility index (Phi) is 5.66. The highest BCUT2D eigenvalue weighted by Crippen LogP contribution is 2.27. The number of nitrogens with one attached hydrogen (secondary N) is 2. The fourth-order valence-corrected chi connectivity index (χ4v) is 3.10. The summed E-state index contributed by atoms with van der Waals surface area (Å²) >= 11 is 0. The van der Waals surface area contributed by atoms with Crippen LogP contribution in [0.1, 0.15) is 23.2 Å². The summed E-state index contributed by atoms with van der Waals surface area (Å²) in [7, 11) is 0. The Morgan fingerprint density at radius 1 is 0.815 bits per heavy atom. The molecule has 0 fully saturated rings. The lowest BCUT2D eigenvalue weighted by Crippen LogP contribution is -2.41. The summed E-state index contributed by atoms with van der Waals surface area (Å²) in [5.74, 6) is -3.65. The van der Waals surface area contributed by atoms with E-state index in [2.05, 4.69) is 10.6 Å². The molecule has 2 amide bonds. The number of hydrogen-bond acceptors (Lipinski definition) is 4. The van der Waals surface area contributed by atoms with Crippen molar-refractivity contribution in [3.05, 3.63) is 72.3 Å². The van der Waals surface area contributed by atoms with E-state index in [1.54, 1.807) is 60.7 Å². The molecule has 138 valence electrons. The molecule has 0 bridgehead atoms. The molecule has 3 rings (SSSR count). The lowest BCUT2D eigenvalue weighted by molar-refractivity contribution is -0.313. The maximum atomic E-state index is 12.6. The van der Waals surface area contributed by atoms with E-state index in [0.717, 1.165) is 0 Å². The monoisotopic (exact) mass is 363 g/mol. The van der Waals surface area contributed by atoms with Gasteiger partial charge in [-0.1, -0.05) is 42.5 Å². The Morgan fingerprint density at radius 2 is 1.44 bits per heavy atom. The number of allylic oxidation sites excluding steroid dienone is 2. The second kappa shape index (κ2) is 8.31. The van der Waals surface area contributed by atoms with E-state index in [1.165, 1.54) is 0 Å². The molecular formula is C21H19N2O4-. The number of anilines is 2. The zero-order valence-electron chi connectivity index (χ0n) is 14.6. The summed E-state index contributed by atoms with van der Waals surface area (Å²) in [6.45, 7) is 0. The van der Waals surface area contributed by atoms with Gasteiger partial charge in [-0.25, -0.2) is 0 Å². The first kappa shape index (κ1) is 18.4. The topological polar surface area (TPSA) is 98.3 Å². The number of benzene rings is 2. The minimum atomic E-state index is -1.24. The minimum absolute atomic E-state index is 0.260. The summed E-state index contributed by atoms with van der Waals surface area (Å²) in [6.07, 6.45) is 4.11. The number of carboxylic acids is 1. The molecule has 0 spiro atoms. The highest BCUT2D eigenvalue weighted by Gasteiger charge is 2.30. The molecule has 2 N–H and O–H groups in total. The highest BCUT2D eigenvalue weighted by atomic mass is 16.4. The van der Waals surface area contributed by atoms with Crippen LogP contribution >= 0.6 is 0 Å². The molecule has 6 heteroatoms. The van der Waals surface area contributed by atoms with Gasteiger partial charge >= 0.3 is 0 Å². The van der Waals surface area contributed by atoms with Gasteiger partial charge in [-0.05, 0) is 37.1 Å². The first-order valence-corrected chi connectivity index (χ1v) is 8.68. The van der Waals surface area contributed by atoms with Crippen LogP contribution in [0.3, 0.4) is 0 Å². The van der Waals surface area contributed by atoms with Crippen LogP contribution in [-0.4, -0.2) is 17.8 Å². The zero-order chi connectivity index (χ0) is 19.2. The van der Waals surface area contributed by atoms with E-state index in [1.807, 2.05) is 6.07 Å². The Hall–Kier alpha value is -3.41. The van der Waals surface area contributed by atoms with Crippen LogP contribution in [-0.2, 0) is 9.59 Å². The number of carbonyl (C=O) groups is 3. The average molecular weight is 363 g/mol. The third kappa shape index (κ3) is 4.41. The fourth-order valence-electron chi connectivity index (χ4n) is 3.10. The zero-order valence-corrected chi connectivity index (χ0v) is 14.6. The summed E-state index contributed by atoms with van der Waals surface area (Å²) < 4.78 is 0. The van der Waals surface area contributed by atoms with Gasteiger partial charge in [0, 0.05) is 17.6 Å². The molecule has 2 atom stereocenters. The van der Waals surface area contributed by atoms with Crippen molar-refractivity contribution in [2.75, 3.05) is 10.6 Å². The molecule has 2 aromatic rings. The van der Waals surface area contributed by atoms with Gasteiger partial charge in [0.25, 0.3) is 5.91 Å². The maximum absolute atomic E-state index is 12.6. The summed E-state index contributed by atoms with van der Waals surface area (Å²) in [4.78, 5) is 36.5. The van der Waals surface area contributed by atoms with E-state index in [9.17, 15) is 19.5 Å². The molecule has 0 heterocycles. The largest absolute Gasteiger partial charge is 0.550 e. The van der Waals surface area contributed by atoms with Crippen molar-refractivity contribution in [2.45, 2.75) is 12.8 Å². The molecule has 1 aliphatic carbocycles. The van der Waals surface area contributed by atoms with E-state index < -0.39 is 23.7 Å². The van der Waals surface area contributed by atoms with E-state index in [4.69, 9.17) is 0 Å². The van der Waals surface area contributed by atoms with Gasteiger partial charge in [0.15, 0.2) is 0 Å². The van der Waals surface area contributed by atoms with E-state index >= 15 is 0 Å². The smallest absolute Gasteiger partial charge is 0.257 e. The van der Waals surface area contributed by atoms with Crippen LogP contribution in [0.2, 0.25) is 0 Å². The van der Waals surface area contributed by atoms with Crippen molar-refractivity contribution in [3.8, 4) is 0 Å². The number of amides is 2. The van der Waals surface area contributed by atoms with Crippen LogP contribution in [0, 0.1) is 11.8 Å². The summed E-state index contributed by atoms with van der Waals surface area (Å²) in [5, 5.41) is 16.8. The molecule has 2 aromatic carbocycles. The lowest BCUT2D eigenvalue weighted by Gasteiger charge is -2.28. The van der Waals surface area contributed by atoms with Crippen LogP contribution in [0.5, 0.6) is 0 Å². The van der Waals surface area contributed by atoms with Crippen LogP contribution in [0.25, 0.3) is 0 Å². The van der Waals surface area contributed by atoms with Crippen molar-refractivity contribution in [3.63, 3.8) is 0 Å². The molecule has 0 saturated carbocycles. The minimum Gasteiger partial charge on any atom is -0.550 e. The van der Waals surface area contributed by atoms with Crippen molar-refractivity contribution in [1.29, 1.82) is 0 Å². The number of hydrogen-bond donors (Lipinski definition) is 2. The molecule has 6 nitrogen and oxygen atoms in total. The molecule has 27 heavy (non-hydrogen) atoms. The Labute approximate surface area is 156 Å². The molecule has 0 saturated heterocycles. The fraction of sp³-hybridized carbons (Fsp3) is 0.190. The average Bonchev–Trinajstić information content (AvgIpc) is 2.69. The molecule has 0 aromatic heterocycles. The van der Waals surface area contributed by atoms with Gasteiger partial charge < -0.3 is 20.5 Å². The first-order valence-electron chi connectivity index (χ1n) is 8.68. The van der Waals surface area contributed by atoms with Gasteiger partial charge in [0.2, 0.25) is 5.91 Å².